The normalized spacial score (nSPS) is 14.1. The number of nitrogens with one attached hydrogen (secondary N) is 1. The van der Waals surface area contributed by atoms with E-state index in [0.29, 0.717) is 15.1 Å². The zero-order valence-corrected chi connectivity index (χ0v) is 21.4. The topological polar surface area (TPSA) is 111 Å². The van der Waals surface area contributed by atoms with E-state index in [2.05, 4.69) is 10.1 Å². The van der Waals surface area contributed by atoms with Gasteiger partial charge in [0.25, 0.3) is 0 Å². The van der Waals surface area contributed by atoms with Crippen LogP contribution in [0.5, 0.6) is 0 Å². The molecule has 0 fully saturated rings. The average molecular weight is 560 g/mol. The molecule has 2 unspecified atom stereocenters. The lowest BCUT2D eigenvalue weighted by Crippen LogP contribution is -2.26. The van der Waals surface area contributed by atoms with Crippen LogP contribution in [0.1, 0.15) is 30.6 Å². The molecule has 3 aromatic rings. The molecule has 1 aromatic heterocycles. The van der Waals surface area contributed by atoms with E-state index in [0.717, 1.165) is 24.4 Å². The van der Waals surface area contributed by atoms with E-state index in [1.165, 1.54) is 28.8 Å². The molecule has 0 radical (unpaired) electrons. The van der Waals surface area contributed by atoms with Crippen molar-refractivity contribution in [1.82, 2.24) is 5.32 Å². The van der Waals surface area contributed by atoms with E-state index in [4.69, 9.17) is 20.9 Å². The van der Waals surface area contributed by atoms with Gasteiger partial charge in [0.2, 0.25) is 12.7 Å². The second-order valence-corrected chi connectivity index (χ2v) is 10.8. The molecule has 1 amide bonds. The molecule has 2 N–H and O–H groups in total. The molecule has 3 rings (SSSR count). The van der Waals surface area contributed by atoms with Gasteiger partial charge in [0.1, 0.15) is 11.6 Å². The summed E-state index contributed by atoms with van der Waals surface area (Å²) in [5.41, 5.74) is -2.09. The van der Waals surface area contributed by atoms with Gasteiger partial charge in [0.05, 0.1) is 6.10 Å². The van der Waals surface area contributed by atoms with E-state index in [-0.39, 0.29) is 5.56 Å². The summed E-state index contributed by atoms with van der Waals surface area (Å²) in [6, 6.07) is 8.07. The Morgan fingerprint density at radius 2 is 1.92 bits per heavy atom. The smallest absolute Gasteiger partial charge is 0.432 e. The van der Waals surface area contributed by atoms with Crippen LogP contribution >= 0.6 is 30.5 Å². The predicted octanol–water partition coefficient (Wildman–Crippen LogP) is 6.38. The van der Waals surface area contributed by atoms with Crippen molar-refractivity contribution in [3.8, 4) is 0 Å². The Hall–Kier alpha value is -2.82. The Balaban J connectivity index is 1.89. The fourth-order valence-electron chi connectivity index (χ4n) is 3.10. The summed E-state index contributed by atoms with van der Waals surface area (Å²) in [4.78, 5) is 35.4. The molecule has 1 heterocycles. The van der Waals surface area contributed by atoms with Crippen molar-refractivity contribution in [2.75, 3.05) is 6.79 Å². The van der Waals surface area contributed by atoms with Gasteiger partial charge >= 0.3 is 13.8 Å². The minimum Gasteiger partial charge on any atom is -0.432 e. The minimum absolute atomic E-state index is 0.121. The number of halogens is 3. The number of hydrogen-bond donors (Lipinski definition) is 2. The molecular formula is C23H21ClF2NO7PS. The highest BCUT2D eigenvalue weighted by molar-refractivity contribution is 7.54. The summed E-state index contributed by atoms with van der Waals surface area (Å²) in [6.07, 6.45) is 0.282. The van der Waals surface area contributed by atoms with Gasteiger partial charge in [-0.15, -0.1) is 11.3 Å². The molecule has 192 valence electrons. The fraction of sp³-hybridized carbons (Fsp3) is 0.217. The molecule has 0 aliphatic rings. The average Bonchev–Trinajstić information content (AvgIpc) is 3.17. The van der Waals surface area contributed by atoms with E-state index < -0.39 is 55.4 Å². The van der Waals surface area contributed by atoms with Gasteiger partial charge in [-0.05, 0) is 66.6 Å². The molecule has 13 heteroatoms. The van der Waals surface area contributed by atoms with Crippen LogP contribution in [-0.2, 0) is 23.4 Å². The number of fused-ring (bicyclic) bond motifs is 1. The quantitative estimate of drug-likeness (QED) is 0.178. The highest BCUT2D eigenvalue weighted by Crippen LogP contribution is 2.58. The Kier molecular flexibility index (Phi) is 9.21. The van der Waals surface area contributed by atoms with Crippen molar-refractivity contribution in [3.63, 3.8) is 0 Å². The zero-order valence-electron chi connectivity index (χ0n) is 18.9. The summed E-state index contributed by atoms with van der Waals surface area (Å²) in [5.74, 6) is -2.74. The first-order chi connectivity index (χ1) is 17.0. The molecular weight excluding hydrogens is 539 g/mol. The number of benzene rings is 2. The van der Waals surface area contributed by atoms with Crippen molar-refractivity contribution in [2.24, 2.45) is 0 Å². The molecule has 2 atom stereocenters. The van der Waals surface area contributed by atoms with Gasteiger partial charge in [-0.3, -0.25) is 13.9 Å². The molecule has 2 aromatic carbocycles. The Labute approximate surface area is 214 Å². The molecule has 0 saturated carbocycles. The number of thiophene rings is 1. The minimum atomic E-state index is -4.85. The summed E-state index contributed by atoms with van der Waals surface area (Å²) in [6.45, 7) is 2.18. The van der Waals surface area contributed by atoms with Crippen LogP contribution in [0.2, 0.25) is 5.02 Å². The summed E-state index contributed by atoms with van der Waals surface area (Å²) in [5, 5.41) is 4.50. The first-order valence-corrected chi connectivity index (χ1v) is 13.3. The van der Waals surface area contributed by atoms with Crippen LogP contribution < -0.4 is 5.32 Å². The zero-order chi connectivity index (χ0) is 26.5. The lowest BCUT2D eigenvalue weighted by Gasteiger charge is -2.21. The van der Waals surface area contributed by atoms with Crippen molar-refractivity contribution >= 4 is 58.8 Å². The standard InChI is InChI=1S/C23H21ClF2NO7PS/c1-13(2)34-23(29)32-12-33-35(30,31)21(17-11-36-20-7-6-14(24)10-16(17)20)22(28)27-9-8-15-18(25)4-3-5-19(15)26/h3-11,13,21H,12H2,1-2H3,(H,27,28)(H,30,31)/b9-8+. The van der Waals surface area contributed by atoms with Gasteiger partial charge in [-0.25, -0.2) is 13.6 Å². The molecule has 36 heavy (non-hydrogen) atoms. The van der Waals surface area contributed by atoms with Crippen molar-refractivity contribution in [1.29, 1.82) is 0 Å². The number of amides is 1. The van der Waals surface area contributed by atoms with Crippen LogP contribution in [0.15, 0.2) is 48.0 Å². The first-order valence-electron chi connectivity index (χ1n) is 10.4. The number of ether oxygens (including phenoxy) is 2. The third-order valence-corrected chi connectivity index (χ3v) is 7.51. The van der Waals surface area contributed by atoms with E-state index >= 15 is 0 Å². The maximum atomic E-state index is 13.9. The number of carbonyl (C=O) groups is 2. The van der Waals surface area contributed by atoms with Gasteiger partial charge in [-0.1, -0.05) is 17.7 Å². The molecule has 0 bridgehead atoms. The van der Waals surface area contributed by atoms with Crippen molar-refractivity contribution in [3.05, 3.63) is 75.8 Å². The molecule has 8 nitrogen and oxygen atoms in total. The number of hydrogen-bond acceptors (Lipinski definition) is 7. The second-order valence-electron chi connectivity index (χ2n) is 7.58. The van der Waals surface area contributed by atoms with Crippen LogP contribution in [0, 0.1) is 11.6 Å². The molecule has 0 aliphatic heterocycles. The second kappa shape index (κ2) is 11.9. The number of carbonyl (C=O) groups excluding carboxylic acids is 2. The number of rotatable bonds is 9. The molecule has 0 saturated heterocycles. The Morgan fingerprint density at radius 1 is 1.22 bits per heavy atom. The van der Waals surface area contributed by atoms with Gasteiger partial charge in [0.15, 0.2) is 5.66 Å². The Bertz CT molecular complexity index is 1330. The summed E-state index contributed by atoms with van der Waals surface area (Å²) >= 11 is 7.27. The van der Waals surface area contributed by atoms with Gasteiger partial charge in [0, 0.05) is 21.5 Å². The maximum Gasteiger partial charge on any atom is 0.510 e. The fourth-order valence-corrected chi connectivity index (χ4v) is 5.63. The molecule has 0 spiro atoms. The van der Waals surface area contributed by atoms with Crippen molar-refractivity contribution in [2.45, 2.75) is 25.6 Å². The van der Waals surface area contributed by atoms with E-state index in [1.807, 2.05) is 0 Å². The highest BCUT2D eigenvalue weighted by atomic mass is 35.5. The Morgan fingerprint density at radius 3 is 2.58 bits per heavy atom. The highest BCUT2D eigenvalue weighted by Gasteiger charge is 2.41. The van der Waals surface area contributed by atoms with E-state index in [9.17, 15) is 27.8 Å². The lowest BCUT2D eigenvalue weighted by molar-refractivity contribution is -0.120. The maximum absolute atomic E-state index is 13.9. The van der Waals surface area contributed by atoms with Gasteiger partial charge < -0.3 is 19.7 Å². The first kappa shape index (κ1) is 27.8. The third kappa shape index (κ3) is 6.89. The van der Waals surface area contributed by atoms with Gasteiger partial charge in [-0.2, -0.15) is 0 Å². The monoisotopic (exact) mass is 559 g/mol. The van der Waals surface area contributed by atoms with Crippen LogP contribution in [0.3, 0.4) is 0 Å². The summed E-state index contributed by atoms with van der Waals surface area (Å²) < 4.78 is 55.9. The largest absolute Gasteiger partial charge is 0.510 e. The van der Waals surface area contributed by atoms with Crippen LogP contribution in [0.25, 0.3) is 16.2 Å². The van der Waals surface area contributed by atoms with E-state index in [1.54, 1.807) is 26.0 Å². The summed E-state index contributed by atoms with van der Waals surface area (Å²) in [7, 11) is -4.85. The van der Waals surface area contributed by atoms with Crippen LogP contribution in [-0.4, -0.2) is 29.9 Å². The predicted molar refractivity (Wildman–Crippen MR) is 132 cm³/mol. The lowest BCUT2D eigenvalue weighted by atomic mass is 10.1. The van der Waals surface area contributed by atoms with Crippen molar-refractivity contribution < 1.29 is 41.8 Å². The van der Waals surface area contributed by atoms with Crippen LogP contribution in [0.4, 0.5) is 13.6 Å². The third-order valence-electron chi connectivity index (χ3n) is 4.66. The molecule has 0 aliphatic carbocycles. The SMILES string of the molecule is CC(C)OC(=O)OCOP(=O)(O)C(C(=O)N/C=C/c1c(F)cccc1F)c1csc2ccc(Cl)cc12.